The molecular formula is C13H17N5O. The van der Waals surface area contributed by atoms with E-state index in [-0.39, 0.29) is 5.91 Å². The maximum atomic E-state index is 12.1. The van der Waals surface area contributed by atoms with Crippen LogP contribution in [-0.4, -0.2) is 26.8 Å². The fourth-order valence-electron chi connectivity index (χ4n) is 2.14. The lowest BCUT2D eigenvalue weighted by atomic mass is 10.3. The summed E-state index contributed by atoms with van der Waals surface area (Å²) in [6.07, 6.45) is 7.70. The Morgan fingerprint density at radius 1 is 1.53 bits per heavy atom. The Morgan fingerprint density at radius 2 is 2.37 bits per heavy atom. The molecule has 2 aromatic rings. The van der Waals surface area contributed by atoms with Gasteiger partial charge in [0.05, 0.1) is 12.2 Å². The van der Waals surface area contributed by atoms with Crippen LogP contribution < -0.4 is 11.1 Å². The zero-order valence-corrected chi connectivity index (χ0v) is 10.6. The number of hydrogen-bond acceptors (Lipinski definition) is 3. The molecule has 0 spiro atoms. The standard InChI is InChI=1S/C13H17N5O/c14-10-8-12(18(9-10)11-2-3-11)13(19)15-5-7-17-6-1-4-16-17/h1,4,6,8-9,11H,2-3,5,7,14H2,(H,15,19). The van der Waals surface area contributed by atoms with E-state index in [1.807, 2.05) is 23.0 Å². The highest BCUT2D eigenvalue weighted by Gasteiger charge is 2.27. The summed E-state index contributed by atoms with van der Waals surface area (Å²) >= 11 is 0. The lowest BCUT2D eigenvalue weighted by Crippen LogP contribution is -2.29. The number of anilines is 1. The van der Waals surface area contributed by atoms with Crippen LogP contribution >= 0.6 is 0 Å². The summed E-state index contributed by atoms with van der Waals surface area (Å²) in [6.45, 7) is 1.22. The molecule has 0 radical (unpaired) electrons. The van der Waals surface area contributed by atoms with Crippen molar-refractivity contribution < 1.29 is 4.79 Å². The maximum Gasteiger partial charge on any atom is 0.268 e. The Balaban J connectivity index is 1.60. The lowest BCUT2D eigenvalue weighted by Gasteiger charge is -2.08. The van der Waals surface area contributed by atoms with Gasteiger partial charge in [0.15, 0.2) is 0 Å². The van der Waals surface area contributed by atoms with E-state index in [0.717, 1.165) is 12.8 Å². The van der Waals surface area contributed by atoms with Crippen LogP contribution in [-0.2, 0) is 6.54 Å². The molecule has 6 heteroatoms. The Labute approximate surface area is 111 Å². The average molecular weight is 259 g/mol. The Morgan fingerprint density at radius 3 is 3.05 bits per heavy atom. The summed E-state index contributed by atoms with van der Waals surface area (Å²) in [5.74, 6) is -0.0734. The van der Waals surface area contributed by atoms with Gasteiger partial charge in [-0.25, -0.2) is 0 Å². The molecule has 2 aromatic heterocycles. The van der Waals surface area contributed by atoms with Crippen LogP contribution in [0.1, 0.15) is 29.4 Å². The molecule has 3 N–H and O–H groups in total. The summed E-state index contributed by atoms with van der Waals surface area (Å²) in [4.78, 5) is 12.1. The first-order chi connectivity index (χ1) is 9.24. The van der Waals surface area contributed by atoms with Gasteiger partial charge in [0.2, 0.25) is 0 Å². The number of carbonyl (C=O) groups is 1. The molecule has 1 amide bonds. The van der Waals surface area contributed by atoms with Gasteiger partial charge in [-0.05, 0) is 25.0 Å². The van der Waals surface area contributed by atoms with Crippen molar-refractivity contribution in [2.24, 2.45) is 0 Å². The van der Waals surface area contributed by atoms with Crippen molar-refractivity contribution in [1.29, 1.82) is 0 Å². The van der Waals surface area contributed by atoms with Crippen molar-refractivity contribution in [2.45, 2.75) is 25.4 Å². The van der Waals surface area contributed by atoms with Gasteiger partial charge in [0.1, 0.15) is 5.69 Å². The lowest BCUT2D eigenvalue weighted by molar-refractivity contribution is 0.0942. The highest BCUT2D eigenvalue weighted by Crippen LogP contribution is 2.37. The number of nitrogen functional groups attached to an aromatic ring is 1. The van der Waals surface area contributed by atoms with Crippen molar-refractivity contribution in [3.8, 4) is 0 Å². The number of nitrogens with two attached hydrogens (primary N) is 1. The number of aromatic nitrogens is 3. The molecule has 1 fully saturated rings. The van der Waals surface area contributed by atoms with Crippen molar-refractivity contribution in [3.05, 3.63) is 36.4 Å². The molecule has 100 valence electrons. The monoisotopic (exact) mass is 259 g/mol. The van der Waals surface area contributed by atoms with E-state index in [0.29, 0.717) is 30.5 Å². The summed E-state index contributed by atoms with van der Waals surface area (Å²) in [5.41, 5.74) is 7.07. The number of carbonyl (C=O) groups excluding carboxylic acids is 1. The molecule has 1 saturated carbocycles. The van der Waals surface area contributed by atoms with Crippen LogP contribution in [0.2, 0.25) is 0 Å². The zero-order chi connectivity index (χ0) is 13.2. The minimum atomic E-state index is -0.0734. The van der Waals surface area contributed by atoms with E-state index in [2.05, 4.69) is 10.4 Å². The Bertz CT molecular complexity index is 568. The van der Waals surface area contributed by atoms with Gasteiger partial charge < -0.3 is 15.6 Å². The molecule has 1 aliphatic carbocycles. The first-order valence-corrected chi connectivity index (χ1v) is 6.47. The Hall–Kier alpha value is -2.24. The van der Waals surface area contributed by atoms with Crippen molar-refractivity contribution in [3.63, 3.8) is 0 Å². The third-order valence-electron chi connectivity index (χ3n) is 3.23. The van der Waals surface area contributed by atoms with Crippen LogP contribution in [0.15, 0.2) is 30.7 Å². The largest absolute Gasteiger partial charge is 0.397 e. The molecule has 0 aromatic carbocycles. The highest BCUT2D eigenvalue weighted by molar-refractivity contribution is 5.93. The highest BCUT2D eigenvalue weighted by atomic mass is 16.1. The number of hydrogen-bond donors (Lipinski definition) is 2. The van der Waals surface area contributed by atoms with E-state index < -0.39 is 0 Å². The van der Waals surface area contributed by atoms with Gasteiger partial charge in [-0.15, -0.1) is 0 Å². The summed E-state index contributed by atoms with van der Waals surface area (Å²) < 4.78 is 3.77. The SMILES string of the molecule is Nc1cc(C(=O)NCCn2cccn2)n(C2CC2)c1. The quantitative estimate of drug-likeness (QED) is 0.842. The second kappa shape index (κ2) is 4.79. The molecule has 6 nitrogen and oxygen atoms in total. The molecule has 19 heavy (non-hydrogen) atoms. The smallest absolute Gasteiger partial charge is 0.268 e. The maximum absolute atomic E-state index is 12.1. The molecule has 0 atom stereocenters. The van der Waals surface area contributed by atoms with E-state index in [1.54, 1.807) is 16.9 Å². The molecular weight excluding hydrogens is 242 g/mol. The summed E-state index contributed by atoms with van der Waals surface area (Å²) in [5, 5.41) is 6.98. The van der Waals surface area contributed by atoms with Crippen LogP contribution in [0.3, 0.4) is 0 Å². The molecule has 0 unspecified atom stereocenters. The van der Waals surface area contributed by atoms with Gasteiger partial charge in [-0.2, -0.15) is 5.10 Å². The number of amides is 1. The van der Waals surface area contributed by atoms with E-state index in [9.17, 15) is 4.79 Å². The van der Waals surface area contributed by atoms with Gasteiger partial charge >= 0.3 is 0 Å². The molecule has 2 heterocycles. The topological polar surface area (TPSA) is 77.9 Å². The minimum Gasteiger partial charge on any atom is -0.397 e. The van der Waals surface area contributed by atoms with Crippen molar-refractivity contribution in [1.82, 2.24) is 19.7 Å². The summed E-state index contributed by atoms with van der Waals surface area (Å²) in [6, 6.07) is 4.05. The first kappa shape index (κ1) is 11.8. The van der Waals surface area contributed by atoms with Crippen molar-refractivity contribution in [2.75, 3.05) is 12.3 Å². The summed E-state index contributed by atoms with van der Waals surface area (Å²) in [7, 11) is 0. The van der Waals surface area contributed by atoms with Crippen LogP contribution in [0.5, 0.6) is 0 Å². The fourth-order valence-corrected chi connectivity index (χ4v) is 2.14. The molecule has 1 aliphatic rings. The molecule has 0 bridgehead atoms. The van der Waals surface area contributed by atoms with Gasteiger partial charge in [-0.1, -0.05) is 0 Å². The number of nitrogens with one attached hydrogen (secondary N) is 1. The minimum absolute atomic E-state index is 0.0734. The van der Waals surface area contributed by atoms with Crippen LogP contribution in [0.4, 0.5) is 5.69 Å². The fraction of sp³-hybridized carbons (Fsp3) is 0.385. The van der Waals surface area contributed by atoms with Gasteiger partial charge in [0.25, 0.3) is 5.91 Å². The van der Waals surface area contributed by atoms with E-state index in [1.165, 1.54) is 0 Å². The second-order valence-corrected chi connectivity index (χ2v) is 4.82. The zero-order valence-electron chi connectivity index (χ0n) is 10.6. The first-order valence-electron chi connectivity index (χ1n) is 6.47. The predicted octanol–water partition coefficient (Wildman–Crippen LogP) is 1.03. The molecule has 0 aliphatic heterocycles. The average Bonchev–Trinajstić information content (AvgIpc) is 2.96. The van der Waals surface area contributed by atoms with Crippen molar-refractivity contribution >= 4 is 11.6 Å². The van der Waals surface area contributed by atoms with E-state index in [4.69, 9.17) is 5.73 Å². The van der Waals surface area contributed by atoms with Crippen LogP contribution in [0, 0.1) is 0 Å². The Kier molecular flexibility index (Phi) is 2.98. The number of rotatable bonds is 5. The third-order valence-corrected chi connectivity index (χ3v) is 3.23. The van der Waals surface area contributed by atoms with Crippen LogP contribution in [0.25, 0.3) is 0 Å². The van der Waals surface area contributed by atoms with Gasteiger partial charge in [-0.3, -0.25) is 9.48 Å². The third kappa shape index (κ3) is 2.62. The normalized spacial score (nSPS) is 14.5. The predicted molar refractivity (Wildman–Crippen MR) is 71.7 cm³/mol. The molecule has 3 rings (SSSR count). The number of nitrogens with zero attached hydrogens (tertiary/aromatic N) is 3. The molecule has 0 saturated heterocycles. The second-order valence-electron chi connectivity index (χ2n) is 4.82. The van der Waals surface area contributed by atoms with E-state index >= 15 is 0 Å². The van der Waals surface area contributed by atoms with Gasteiger partial charge in [0, 0.05) is 31.2 Å².